The molecule has 0 aromatic carbocycles. The third-order valence-electron chi connectivity index (χ3n) is 3.14. The summed E-state index contributed by atoms with van der Waals surface area (Å²) in [6.07, 6.45) is 3.96. The van der Waals surface area contributed by atoms with E-state index in [9.17, 15) is 0 Å². The number of aliphatic hydroxyl groups excluding tert-OH is 1. The maximum absolute atomic E-state index is 8.62. The van der Waals surface area contributed by atoms with Crippen LogP contribution in [0.5, 0.6) is 0 Å². The lowest BCUT2D eigenvalue weighted by Gasteiger charge is -2.35. The molecule has 0 bridgehead atoms. The van der Waals surface area contributed by atoms with E-state index in [0.717, 1.165) is 26.2 Å². The second kappa shape index (κ2) is 8.93. The average molecular weight is 230 g/mol. The van der Waals surface area contributed by atoms with Gasteiger partial charge in [0.2, 0.25) is 0 Å². The van der Waals surface area contributed by atoms with Gasteiger partial charge in [-0.15, -0.1) is 0 Å². The second-order valence-corrected chi connectivity index (χ2v) is 4.33. The lowest BCUT2D eigenvalue weighted by atomic mass is 10.0. The van der Waals surface area contributed by atoms with Gasteiger partial charge in [-0.3, -0.25) is 4.90 Å². The number of ether oxygens (including phenoxy) is 1. The molecule has 1 aliphatic rings. The van der Waals surface area contributed by atoms with Crippen LogP contribution in [0.15, 0.2) is 0 Å². The SMILES string of the molecule is CCNCC1CCCCN1CCOCCO. The predicted molar refractivity (Wildman–Crippen MR) is 65.7 cm³/mol. The number of nitrogens with one attached hydrogen (secondary N) is 1. The minimum absolute atomic E-state index is 0.126. The Hall–Kier alpha value is -0.160. The first kappa shape index (κ1) is 13.9. The van der Waals surface area contributed by atoms with Crippen molar-refractivity contribution in [2.75, 3.05) is 46.0 Å². The van der Waals surface area contributed by atoms with Crippen LogP contribution in [-0.4, -0.2) is 62.0 Å². The van der Waals surface area contributed by atoms with Crippen molar-refractivity contribution in [2.45, 2.75) is 32.2 Å². The molecule has 1 unspecified atom stereocenters. The van der Waals surface area contributed by atoms with Crippen LogP contribution in [0.1, 0.15) is 26.2 Å². The van der Waals surface area contributed by atoms with Crippen LogP contribution >= 0.6 is 0 Å². The van der Waals surface area contributed by atoms with Gasteiger partial charge in [-0.25, -0.2) is 0 Å². The molecule has 96 valence electrons. The first-order valence-corrected chi connectivity index (χ1v) is 6.51. The third-order valence-corrected chi connectivity index (χ3v) is 3.14. The van der Waals surface area contributed by atoms with E-state index in [4.69, 9.17) is 9.84 Å². The third kappa shape index (κ3) is 5.25. The van der Waals surface area contributed by atoms with Crippen LogP contribution in [0.3, 0.4) is 0 Å². The molecule has 0 amide bonds. The minimum atomic E-state index is 0.126. The van der Waals surface area contributed by atoms with E-state index >= 15 is 0 Å². The lowest BCUT2D eigenvalue weighted by molar-refractivity contribution is 0.0535. The fraction of sp³-hybridized carbons (Fsp3) is 1.00. The van der Waals surface area contributed by atoms with Crippen molar-refractivity contribution < 1.29 is 9.84 Å². The Morgan fingerprint density at radius 2 is 2.25 bits per heavy atom. The molecular weight excluding hydrogens is 204 g/mol. The van der Waals surface area contributed by atoms with Gasteiger partial charge >= 0.3 is 0 Å². The second-order valence-electron chi connectivity index (χ2n) is 4.33. The van der Waals surface area contributed by atoms with Gasteiger partial charge in [0.25, 0.3) is 0 Å². The Morgan fingerprint density at radius 3 is 3.00 bits per heavy atom. The highest BCUT2D eigenvalue weighted by atomic mass is 16.5. The average Bonchev–Trinajstić information content (AvgIpc) is 2.33. The molecule has 0 saturated carbocycles. The zero-order chi connectivity index (χ0) is 11.6. The molecule has 1 aliphatic heterocycles. The largest absolute Gasteiger partial charge is 0.394 e. The number of rotatable bonds is 8. The van der Waals surface area contributed by atoms with E-state index in [-0.39, 0.29) is 6.61 Å². The Labute approximate surface area is 99.0 Å². The van der Waals surface area contributed by atoms with Gasteiger partial charge in [0.15, 0.2) is 0 Å². The van der Waals surface area contributed by atoms with Gasteiger partial charge in [0, 0.05) is 19.1 Å². The maximum Gasteiger partial charge on any atom is 0.0698 e. The van der Waals surface area contributed by atoms with Gasteiger partial charge in [-0.2, -0.15) is 0 Å². The van der Waals surface area contributed by atoms with Gasteiger partial charge in [0.1, 0.15) is 0 Å². The molecule has 1 rings (SSSR count). The highest BCUT2D eigenvalue weighted by Gasteiger charge is 2.21. The number of hydrogen-bond donors (Lipinski definition) is 2. The number of likely N-dealkylation sites (tertiary alicyclic amines) is 1. The first-order valence-electron chi connectivity index (χ1n) is 6.51. The quantitative estimate of drug-likeness (QED) is 0.595. The van der Waals surface area contributed by atoms with Gasteiger partial charge in [-0.05, 0) is 25.9 Å². The van der Waals surface area contributed by atoms with E-state index in [2.05, 4.69) is 17.1 Å². The number of nitrogens with zero attached hydrogens (tertiary/aromatic N) is 1. The summed E-state index contributed by atoms with van der Waals surface area (Å²) in [5.41, 5.74) is 0. The molecule has 0 aromatic heterocycles. The summed E-state index contributed by atoms with van der Waals surface area (Å²) in [5, 5.41) is 12.0. The summed E-state index contributed by atoms with van der Waals surface area (Å²) in [4.78, 5) is 2.52. The Kier molecular flexibility index (Phi) is 7.76. The van der Waals surface area contributed by atoms with Crippen molar-refractivity contribution in [2.24, 2.45) is 0 Å². The van der Waals surface area contributed by atoms with Gasteiger partial charge < -0.3 is 15.2 Å². The Morgan fingerprint density at radius 1 is 1.38 bits per heavy atom. The van der Waals surface area contributed by atoms with Crippen molar-refractivity contribution >= 4 is 0 Å². The number of likely N-dealkylation sites (N-methyl/N-ethyl adjacent to an activating group) is 1. The van der Waals surface area contributed by atoms with Crippen LogP contribution in [-0.2, 0) is 4.74 Å². The topological polar surface area (TPSA) is 44.7 Å². The van der Waals surface area contributed by atoms with Crippen LogP contribution in [0.4, 0.5) is 0 Å². The highest BCUT2D eigenvalue weighted by Crippen LogP contribution is 2.15. The normalized spacial score (nSPS) is 22.5. The molecule has 1 atom stereocenters. The van der Waals surface area contributed by atoms with E-state index in [1.807, 2.05) is 0 Å². The lowest BCUT2D eigenvalue weighted by Crippen LogP contribution is -2.46. The highest BCUT2D eigenvalue weighted by molar-refractivity contribution is 4.78. The Bertz CT molecular complexity index is 167. The maximum atomic E-state index is 8.62. The van der Waals surface area contributed by atoms with Crippen LogP contribution < -0.4 is 5.32 Å². The van der Waals surface area contributed by atoms with E-state index in [1.165, 1.54) is 25.8 Å². The molecule has 16 heavy (non-hydrogen) atoms. The van der Waals surface area contributed by atoms with Crippen molar-refractivity contribution in [1.82, 2.24) is 10.2 Å². The molecule has 1 heterocycles. The van der Waals surface area contributed by atoms with Crippen molar-refractivity contribution in [3.05, 3.63) is 0 Å². The molecule has 0 spiro atoms. The summed E-state index contributed by atoms with van der Waals surface area (Å²) in [5.74, 6) is 0. The molecule has 1 fully saturated rings. The molecule has 4 nitrogen and oxygen atoms in total. The first-order chi connectivity index (χ1) is 7.88. The van der Waals surface area contributed by atoms with Crippen LogP contribution in [0, 0.1) is 0 Å². The molecule has 0 radical (unpaired) electrons. The summed E-state index contributed by atoms with van der Waals surface area (Å²) >= 11 is 0. The van der Waals surface area contributed by atoms with Crippen molar-refractivity contribution in [3.63, 3.8) is 0 Å². The zero-order valence-corrected chi connectivity index (χ0v) is 10.5. The summed E-state index contributed by atoms with van der Waals surface area (Å²) in [6.45, 7) is 7.81. The molecule has 0 aliphatic carbocycles. The van der Waals surface area contributed by atoms with Crippen molar-refractivity contribution in [1.29, 1.82) is 0 Å². The summed E-state index contributed by atoms with van der Waals surface area (Å²) < 4.78 is 5.33. The summed E-state index contributed by atoms with van der Waals surface area (Å²) in [6, 6.07) is 0.673. The number of piperidine rings is 1. The van der Waals surface area contributed by atoms with Gasteiger partial charge in [-0.1, -0.05) is 13.3 Å². The van der Waals surface area contributed by atoms with E-state index < -0.39 is 0 Å². The fourth-order valence-corrected chi connectivity index (χ4v) is 2.24. The van der Waals surface area contributed by atoms with Gasteiger partial charge in [0.05, 0.1) is 19.8 Å². The Balaban J connectivity index is 2.18. The monoisotopic (exact) mass is 230 g/mol. The van der Waals surface area contributed by atoms with Crippen molar-refractivity contribution in [3.8, 4) is 0 Å². The summed E-state index contributed by atoms with van der Waals surface area (Å²) in [7, 11) is 0. The van der Waals surface area contributed by atoms with Crippen LogP contribution in [0.25, 0.3) is 0 Å². The predicted octanol–water partition coefficient (Wildman–Crippen LogP) is 0.459. The fourth-order valence-electron chi connectivity index (χ4n) is 2.24. The standard InChI is InChI=1S/C12H26N2O2/c1-2-13-11-12-5-3-4-6-14(12)7-9-16-10-8-15/h12-13,15H,2-11H2,1H3. The van der Waals surface area contributed by atoms with Crippen LogP contribution in [0.2, 0.25) is 0 Å². The molecule has 4 heteroatoms. The molecule has 1 saturated heterocycles. The minimum Gasteiger partial charge on any atom is -0.394 e. The molecule has 0 aromatic rings. The number of hydrogen-bond acceptors (Lipinski definition) is 4. The molecule has 2 N–H and O–H groups in total. The smallest absolute Gasteiger partial charge is 0.0698 e. The molecular formula is C12H26N2O2. The van der Waals surface area contributed by atoms with E-state index in [0.29, 0.717) is 12.6 Å². The number of aliphatic hydroxyl groups is 1. The zero-order valence-electron chi connectivity index (χ0n) is 10.5. The van der Waals surface area contributed by atoms with E-state index in [1.54, 1.807) is 0 Å².